The first-order valence-electron chi connectivity index (χ1n) is 9.54. The summed E-state index contributed by atoms with van der Waals surface area (Å²) in [5.41, 5.74) is 0.538. The zero-order valence-corrected chi connectivity index (χ0v) is 16.2. The van der Waals surface area contributed by atoms with E-state index in [0.29, 0.717) is 43.6 Å². The average molecular weight is 402 g/mol. The number of nitrogens with zero attached hydrogens (tertiary/aromatic N) is 2. The molecule has 0 spiro atoms. The molecule has 28 heavy (non-hydrogen) atoms. The Kier molecular flexibility index (Phi) is 5.05. The van der Waals surface area contributed by atoms with Crippen LogP contribution in [0, 0.1) is 5.92 Å². The quantitative estimate of drug-likeness (QED) is 0.704. The van der Waals surface area contributed by atoms with Gasteiger partial charge in [-0.15, -0.1) is 0 Å². The van der Waals surface area contributed by atoms with Crippen molar-refractivity contribution in [3.63, 3.8) is 0 Å². The molecule has 2 saturated carbocycles. The van der Waals surface area contributed by atoms with Gasteiger partial charge in [-0.3, -0.25) is 14.5 Å². The second-order valence-corrected chi connectivity index (χ2v) is 9.74. The van der Waals surface area contributed by atoms with Crippen molar-refractivity contribution in [2.75, 3.05) is 4.90 Å². The Morgan fingerprint density at radius 1 is 1.14 bits per heavy atom. The minimum atomic E-state index is -3.28. The lowest BCUT2D eigenvalue weighted by Crippen LogP contribution is -2.26. The Bertz CT molecular complexity index is 963. The Morgan fingerprint density at radius 3 is 2.46 bits per heavy atom. The summed E-state index contributed by atoms with van der Waals surface area (Å²) in [5.74, 6) is 0.705. The molecule has 0 saturated heterocycles. The molecule has 0 aliphatic heterocycles. The Hall–Kier alpha value is -2.48. The highest BCUT2D eigenvalue weighted by Crippen LogP contribution is 2.35. The first-order valence-corrected chi connectivity index (χ1v) is 11.1. The molecule has 2 aliphatic carbocycles. The first kappa shape index (κ1) is 18.9. The molecule has 0 N–H and O–H groups in total. The molecular formula is C20H22N2O5S. The van der Waals surface area contributed by atoms with E-state index in [0.717, 1.165) is 6.42 Å². The molecule has 4 rings (SSSR count). The van der Waals surface area contributed by atoms with Gasteiger partial charge in [-0.25, -0.2) is 8.42 Å². The third-order valence-corrected chi connectivity index (χ3v) is 7.68. The third kappa shape index (κ3) is 3.87. The third-order valence-electron chi connectivity index (χ3n) is 5.40. The number of carbonyl (C=O) groups excluding carboxylic acids is 2. The summed E-state index contributed by atoms with van der Waals surface area (Å²) in [6.07, 6.45) is 5.71. The smallest absolute Gasteiger partial charge is 0.232 e. The number of aromatic nitrogens is 1. The zero-order valence-electron chi connectivity index (χ0n) is 15.4. The molecule has 1 atom stereocenters. The molecule has 1 unspecified atom stereocenters. The van der Waals surface area contributed by atoms with Gasteiger partial charge >= 0.3 is 0 Å². The van der Waals surface area contributed by atoms with Crippen molar-refractivity contribution >= 4 is 33.0 Å². The number of hydrogen-bond acceptors (Lipinski definition) is 6. The molecule has 8 heteroatoms. The molecule has 148 valence electrons. The number of ketones is 1. The summed E-state index contributed by atoms with van der Waals surface area (Å²) < 4.78 is 29.6. The largest absolute Gasteiger partial charge is 0.363 e. The molecule has 2 fully saturated rings. The van der Waals surface area contributed by atoms with E-state index in [1.807, 2.05) is 0 Å². The van der Waals surface area contributed by atoms with Crippen LogP contribution in [-0.2, 0) is 19.4 Å². The van der Waals surface area contributed by atoms with Crippen molar-refractivity contribution in [1.82, 2.24) is 5.16 Å². The molecule has 0 radical (unpaired) electrons. The molecule has 0 bridgehead atoms. The van der Waals surface area contributed by atoms with Crippen LogP contribution in [0.15, 0.2) is 46.0 Å². The van der Waals surface area contributed by atoms with E-state index in [4.69, 9.17) is 4.52 Å². The normalized spacial score (nSPS) is 19.7. The van der Waals surface area contributed by atoms with Crippen molar-refractivity contribution in [3.8, 4) is 0 Å². The lowest BCUT2D eigenvalue weighted by Gasteiger charge is -2.21. The van der Waals surface area contributed by atoms with Gasteiger partial charge in [0.25, 0.3) is 0 Å². The highest BCUT2D eigenvalue weighted by atomic mass is 32.2. The highest BCUT2D eigenvalue weighted by molar-refractivity contribution is 7.92. The summed E-state index contributed by atoms with van der Waals surface area (Å²) >= 11 is 0. The number of carbonyl (C=O) groups is 2. The topological polar surface area (TPSA) is 97.6 Å². The van der Waals surface area contributed by atoms with Crippen LogP contribution < -0.4 is 4.90 Å². The molecule has 2 aliphatic rings. The summed E-state index contributed by atoms with van der Waals surface area (Å²) in [6, 6.07) is 7.92. The number of benzene rings is 1. The van der Waals surface area contributed by atoms with E-state index >= 15 is 0 Å². The minimum Gasteiger partial charge on any atom is -0.363 e. The SMILES string of the molecule is O=C1CCC(CCC(=O)N(c2ccc(S(=O)(=O)C3CC3)cc2)c2ccon2)C1. The van der Waals surface area contributed by atoms with Crippen LogP contribution in [0.1, 0.15) is 44.9 Å². The van der Waals surface area contributed by atoms with E-state index < -0.39 is 9.84 Å². The molecule has 1 amide bonds. The molecule has 2 aromatic rings. The fraction of sp³-hybridized carbons (Fsp3) is 0.450. The Labute approximate surface area is 163 Å². The van der Waals surface area contributed by atoms with Gasteiger partial charge in [0, 0.05) is 25.3 Å². The molecule has 1 aromatic carbocycles. The number of sulfone groups is 1. The van der Waals surface area contributed by atoms with Crippen LogP contribution in [0.4, 0.5) is 11.5 Å². The van der Waals surface area contributed by atoms with Crippen LogP contribution in [0.5, 0.6) is 0 Å². The Balaban J connectivity index is 1.53. The maximum absolute atomic E-state index is 12.9. The Morgan fingerprint density at radius 2 is 1.89 bits per heavy atom. The van der Waals surface area contributed by atoms with Gasteiger partial charge in [0.2, 0.25) is 5.91 Å². The standard InChI is InChI=1S/C20H22N2O5S/c23-16-5-1-14(13-16)2-10-20(24)22(19-11-12-27-21-19)15-3-6-17(7-4-15)28(25,26)18-8-9-18/h3-4,6-7,11-12,14,18H,1-2,5,8-10,13H2. The van der Waals surface area contributed by atoms with Crippen molar-refractivity contribution < 1.29 is 22.5 Å². The van der Waals surface area contributed by atoms with E-state index in [9.17, 15) is 18.0 Å². The second kappa shape index (κ2) is 7.50. The van der Waals surface area contributed by atoms with Gasteiger partial charge in [0.1, 0.15) is 12.0 Å². The van der Waals surface area contributed by atoms with E-state index in [1.165, 1.54) is 11.2 Å². The number of anilines is 2. The highest BCUT2D eigenvalue weighted by Gasteiger charge is 2.37. The fourth-order valence-corrected chi connectivity index (χ4v) is 5.32. The summed E-state index contributed by atoms with van der Waals surface area (Å²) in [7, 11) is -3.28. The van der Waals surface area contributed by atoms with Crippen LogP contribution in [0.3, 0.4) is 0 Å². The lowest BCUT2D eigenvalue weighted by molar-refractivity contribution is -0.119. The number of rotatable bonds is 7. The van der Waals surface area contributed by atoms with Crippen LogP contribution in [-0.4, -0.2) is 30.5 Å². The van der Waals surface area contributed by atoms with Gasteiger partial charge in [0.05, 0.1) is 15.8 Å². The number of Topliss-reactive ketones (excluding diaryl/α,β-unsaturated/α-hetero) is 1. The number of hydrogen-bond donors (Lipinski definition) is 0. The predicted octanol–water partition coefficient (Wildman–Crippen LogP) is 3.42. The van der Waals surface area contributed by atoms with Crippen molar-refractivity contribution in [3.05, 3.63) is 36.6 Å². The molecule has 7 nitrogen and oxygen atoms in total. The lowest BCUT2D eigenvalue weighted by atomic mass is 10.0. The maximum atomic E-state index is 12.9. The van der Waals surface area contributed by atoms with E-state index in [1.54, 1.807) is 30.3 Å². The minimum absolute atomic E-state index is 0.161. The van der Waals surface area contributed by atoms with Crippen LogP contribution in [0.25, 0.3) is 0 Å². The monoisotopic (exact) mass is 402 g/mol. The summed E-state index contributed by atoms with van der Waals surface area (Å²) in [5, 5.41) is 3.60. The summed E-state index contributed by atoms with van der Waals surface area (Å²) in [6.45, 7) is 0. The second-order valence-electron chi connectivity index (χ2n) is 7.51. The van der Waals surface area contributed by atoms with Gasteiger partial charge in [0.15, 0.2) is 15.7 Å². The van der Waals surface area contributed by atoms with Crippen molar-refractivity contribution in [2.45, 2.75) is 55.1 Å². The van der Waals surface area contributed by atoms with Gasteiger partial charge in [-0.2, -0.15) is 0 Å². The fourth-order valence-electron chi connectivity index (χ4n) is 3.66. The zero-order chi connectivity index (χ0) is 19.7. The molecule has 1 aromatic heterocycles. The van der Waals surface area contributed by atoms with E-state index in [2.05, 4.69) is 5.16 Å². The molecule has 1 heterocycles. The van der Waals surface area contributed by atoms with Gasteiger partial charge in [-0.1, -0.05) is 5.16 Å². The predicted molar refractivity (Wildman–Crippen MR) is 102 cm³/mol. The van der Waals surface area contributed by atoms with Crippen LogP contribution in [0.2, 0.25) is 0 Å². The molecular weight excluding hydrogens is 380 g/mol. The average Bonchev–Trinajstić information content (AvgIpc) is 3.27. The van der Waals surface area contributed by atoms with Gasteiger partial charge in [-0.05, 0) is 55.9 Å². The summed E-state index contributed by atoms with van der Waals surface area (Å²) in [4.78, 5) is 26.1. The van der Waals surface area contributed by atoms with Crippen molar-refractivity contribution in [2.24, 2.45) is 5.92 Å². The first-order chi connectivity index (χ1) is 13.4. The van der Waals surface area contributed by atoms with Crippen LogP contribution >= 0.6 is 0 Å². The van der Waals surface area contributed by atoms with Gasteiger partial charge < -0.3 is 4.52 Å². The maximum Gasteiger partial charge on any atom is 0.232 e. The van der Waals surface area contributed by atoms with E-state index in [-0.39, 0.29) is 34.2 Å². The van der Waals surface area contributed by atoms with Crippen molar-refractivity contribution in [1.29, 1.82) is 0 Å². The number of amides is 1.